The summed E-state index contributed by atoms with van der Waals surface area (Å²) in [7, 11) is -3.60. The van der Waals surface area contributed by atoms with E-state index in [0.717, 1.165) is 0 Å². The SMILES string of the molecule is CCn1nccc1S(=O)(=O)NCCCC(=O)O. The van der Waals surface area contributed by atoms with Crippen molar-refractivity contribution < 1.29 is 18.3 Å². The maximum atomic E-state index is 11.8. The van der Waals surface area contributed by atoms with E-state index in [2.05, 4.69) is 9.82 Å². The molecule has 1 aromatic rings. The molecule has 0 amide bonds. The molecule has 0 saturated carbocycles. The van der Waals surface area contributed by atoms with E-state index in [0.29, 0.717) is 6.54 Å². The normalized spacial score (nSPS) is 11.6. The van der Waals surface area contributed by atoms with E-state index in [1.165, 1.54) is 16.9 Å². The van der Waals surface area contributed by atoms with Gasteiger partial charge in [-0.1, -0.05) is 0 Å². The summed E-state index contributed by atoms with van der Waals surface area (Å²) in [5.74, 6) is -0.942. The fraction of sp³-hybridized carbons (Fsp3) is 0.556. The number of carboxylic acid groups (broad SMARTS) is 1. The van der Waals surface area contributed by atoms with Gasteiger partial charge >= 0.3 is 5.97 Å². The minimum atomic E-state index is -3.60. The van der Waals surface area contributed by atoms with Crippen LogP contribution in [-0.2, 0) is 21.4 Å². The Kier molecular flexibility index (Phi) is 4.64. The second-order valence-electron chi connectivity index (χ2n) is 3.38. The van der Waals surface area contributed by atoms with Gasteiger partial charge in [-0.3, -0.25) is 9.48 Å². The van der Waals surface area contributed by atoms with E-state index in [1.807, 2.05) is 0 Å². The summed E-state index contributed by atoms with van der Waals surface area (Å²) in [6.07, 6.45) is 1.61. The Morgan fingerprint density at radius 1 is 1.59 bits per heavy atom. The number of hydrogen-bond acceptors (Lipinski definition) is 4. The number of hydrogen-bond donors (Lipinski definition) is 2. The Labute approximate surface area is 99.5 Å². The lowest BCUT2D eigenvalue weighted by molar-refractivity contribution is -0.137. The van der Waals surface area contributed by atoms with Crippen LogP contribution >= 0.6 is 0 Å². The van der Waals surface area contributed by atoms with Crippen LogP contribution in [0, 0.1) is 0 Å². The van der Waals surface area contributed by atoms with E-state index in [4.69, 9.17) is 5.11 Å². The molecule has 0 atom stereocenters. The maximum absolute atomic E-state index is 11.8. The average Bonchev–Trinajstić information content (AvgIpc) is 2.73. The Balaban J connectivity index is 2.60. The number of rotatable bonds is 7. The summed E-state index contributed by atoms with van der Waals surface area (Å²) in [5.41, 5.74) is 0. The largest absolute Gasteiger partial charge is 0.481 e. The first-order valence-electron chi connectivity index (χ1n) is 5.20. The number of aliphatic carboxylic acids is 1. The first-order valence-corrected chi connectivity index (χ1v) is 6.69. The number of aryl methyl sites for hydroxylation is 1. The first-order chi connectivity index (χ1) is 7.97. The van der Waals surface area contributed by atoms with Crippen LogP contribution in [0.4, 0.5) is 0 Å². The summed E-state index contributed by atoms with van der Waals surface area (Å²) >= 11 is 0. The summed E-state index contributed by atoms with van der Waals surface area (Å²) in [6.45, 7) is 2.35. The number of nitrogens with one attached hydrogen (secondary N) is 1. The predicted molar refractivity (Wildman–Crippen MR) is 60.0 cm³/mol. The van der Waals surface area contributed by atoms with Crippen molar-refractivity contribution in [3.05, 3.63) is 12.3 Å². The van der Waals surface area contributed by atoms with Crippen molar-refractivity contribution in [2.45, 2.75) is 31.3 Å². The highest BCUT2D eigenvalue weighted by molar-refractivity contribution is 7.89. The molecule has 0 unspecified atom stereocenters. The van der Waals surface area contributed by atoms with E-state index >= 15 is 0 Å². The van der Waals surface area contributed by atoms with E-state index in [1.54, 1.807) is 6.92 Å². The molecule has 0 aliphatic rings. The smallest absolute Gasteiger partial charge is 0.303 e. The third-order valence-electron chi connectivity index (χ3n) is 2.11. The zero-order chi connectivity index (χ0) is 12.9. The minimum Gasteiger partial charge on any atom is -0.481 e. The molecule has 0 aliphatic carbocycles. The summed E-state index contributed by atoms with van der Waals surface area (Å²) < 4.78 is 27.3. The number of carboxylic acids is 1. The van der Waals surface area contributed by atoms with Crippen LogP contribution in [0.15, 0.2) is 17.3 Å². The summed E-state index contributed by atoms with van der Waals surface area (Å²) in [4.78, 5) is 10.3. The van der Waals surface area contributed by atoms with Crippen LogP contribution in [0.2, 0.25) is 0 Å². The Morgan fingerprint density at radius 2 is 2.29 bits per heavy atom. The zero-order valence-electron chi connectivity index (χ0n) is 9.46. The van der Waals surface area contributed by atoms with Crippen molar-refractivity contribution in [2.24, 2.45) is 0 Å². The summed E-state index contributed by atoms with van der Waals surface area (Å²) in [6, 6.07) is 1.41. The number of nitrogens with zero attached hydrogens (tertiary/aromatic N) is 2. The Bertz CT molecular complexity index is 480. The lowest BCUT2D eigenvalue weighted by atomic mass is 10.3. The van der Waals surface area contributed by atoms with E-state index < -0.39 is 16.0 Å². The van der Waals surface area contributed by atoms with Gasteiger partial charge in [-0.15, -0.1) is 0 Å². The van der Waals surface area contributed by atoms with Crippen LogP contribution in [0.3, 0.4) is 0 Å². The molecular weight excluding hydrogens is 246 g/mol. The van der Waals surface area contributed by atoms with Gasteiger partial charge < -0.3 is 5.11 Å². The molecule has 0 aromatic carbocycles. The molecule has 17 heavy (non-hydrogen) atoms. The van der Waals surface area contributed by atoms with E-state index in [-0.39, 0.29) is 24.4 Å². The summed E-state index contributed by atoms with van der Waals surface area (Å²) in [5, 5.41) is 12.4. The second-order valence-corrected chi connectivity index (χ2v) is 5.09. The molecule has 0 fully saturated rings. The fourth-order valence-electron chi connectivity index (χ4n) is 1.31. The van der Waals surface area contributed by atoms with Crippen molar-refractivity contribution in [2.75, 3.05) is 6.54 Å². The number of aromatic nitrogens is 2. The lowest BCUT2D eigenvalue weighted by Gasteiger charge is -2.07. The van der Waals surface area contributed by atoms with Gasteiger partial charge in [0.25, 0.3) is 10.0 Å². The van der Waals surface area contributed by atoms with Crippen molar-refractivity contribution in [3.63, 3.8) is 0 Å². The Hall–Kier alpha value is -1.41. The first kappa shape index (κ1) is 13.7. The molecule has 2 N–H and O–H groups in total. The molecule has 0 radical (unpaired) electrons. The average molecular weight is 261 g/mol. The molecule has 0 bridgehead atoms. The molecule has 0 spiro atoms. The molecule has 1 rings (SSSR count). The highest BCUT2D eigenvalue weighted by Gasteiger charge is 2.17. The third-order valence-corrected chi connectivity index (χ3v) is 3.59. The molecule has 0 aliphatic heterocycles. The van der Waals surface area contributed by atoms with Crippen LogP contribution < -0.4 is 4.72 Å². The molecule has 7 nitrogen and oxygen atoms in total. The van der Waals surface area contributed by atoms with Crippen LogP contribution in [0.5, 0.6) is 0 Å². The van der Waals surface area contributed by atoms with Crippen LogP contribution in [-0.4, -0.2) is 35.8 Å². The van der Waals surface area contributed by atoms with Gasteiger partial charge in [0.2, 0.25) is 0 Å². The standard InChI is InChI=1S/C9H15N3O4S/c1-2-12-8(5-7-10-12)17(15,16)11-6-3-4-9(13)14/h5,7,11H,2-4,6H2,1H3,(H,13,14). The Morgan fingerprint density at radius 3 is 2.88 bits per heavy atom. The van der Waals surface area contributed by atoms with Crippen molar-refractivity contribution in [1.82, 2.24) is 14.5 Å². The second kappa shape index (κ2) is 5.78. The van der Waals surface area contributed by atoms with Crippen molar-refractivity contribution >= 4 is 16.0 Å². The molecule has 8 heteroatoms. The number of carbonyl (C=O) groups is 1. The predicted octanol–water partition coefficient (Wildman–Crippen LogP) is 0.0461. The van der Waals surface area contributed by atoms with Gasteiger partial charge in [-0.05, 0) is 19.4 Å². The molecule has 1 aromatic heterocycles. The fourth-order valence-corrected chi connectivity index (χ4v) is 2.56. The van der Waals surface area contributed by atoms with Gasteiger partial charge in [-0.2, -0.15) is 5.10 Å². The van der Waals surface area contributed by atoms with Crippen LogP contribution in [0.1, 0.15) is 19.8 Å². The van der Waals surface area contributed by atoms with Gasteiger partial charge in [0.1, 0.15) is 0 Å². The number of sulfonamides is 1. The highest BCUT2D eigenvalue weighted by atomic mass is 32.2. The molecule has 96 valence electrons. The quantitative estimate of drug-likeness (QED) is 0.675. The third kappa shape index (κ3) is 3.82. The van der Waals surface area contributed by atoms with Gasteiger partial charge in [0.05, 0.1) is 6.20 Å². The lowest BCUT2D eigenvalue weighted by Crippen LogP contribution is -2.27. The van der Waals surface area contributed by atoms with E-state index in [9.17, 15) is 13.2 Å². The molecular formula is C9H15N3O4S. The van der Waals surface area contributed by atoms with Crippen LogP contribution in [0.25, 0.3) is 0 Å². The van der Waals surface area contributed by atoms with Gasteiger partial charge in [0, 0.05) is 19.5 Å². The van der Waals surface area contributed by atoms with Gasteiger partial charge in [0.15, 0.2) is 5.03 Å². The molecule has 1 heterocycles. The monoisotopic (exact) mass is 261 g/mol. The maximum Gasteiger partial charge on any atom is 0.303 e. The topological polar surface area (TPSA) is 101 Å². The van der Waals surface area contributed by atoms with Gasteiger partial charge in [-0.25, -0.2) is 13.1 Å². The molecule has 0 saturated heterocycles. The van der Waals surface area contributed by atoms with Crippen molar-refractivity contribution in [1.29, 1.82) is 0 Å². The van der Waals surface area contributed by atoms with Crippen molar-refractivity contribution in [3.8, 4) is 0 Å². The highest BCUT2D eigenvalue weighted by Crippen LogP contribution is 2.07. The minimum absolute atomic E-state index is 0.0600. The zero-order valence-corrected chi connectivity index (χ0v) is 10.3.